The van der Waals surface area contributed by atoms with E-state index in [9.17, 15) is 14.9 Å². The van der Waals surface area contributed by atoms with Gasteiger partial charge < -0.3 is 15.4 Å². The van der Waals surface area contributed by atoms with Crippen LogP contribution in [0, 0.1) is 10.1 Å². The molecule has 10 heteroatoms. The van der Waals surface area contributed by atoms with E-state index in [2.05, 4.69) is 15.5 Å². The van der Waals surface area contributed by atoms with Gasteiger partial charge in [0, 0.05) is 23.7 Å². The minimum Gasteiger partial charge on any atom is -0.358 e. The van der Waals surface area contributed by atoms with Crippen molar-refractivity contribution in [3.05, 3.63) is 69.5 Å². The number of nitro groups is 1. The van der Waals surface area contributed by atoms with Crippen LogP contribution in [0.1, 0.15) is 12.0 Å². The Hall–Kier alpha value is -3.20. The molecule has 26 heavy (non-hydrogen) atoms. The van der Waals surface area contributed by atoms with Gasteiger partial charge in [0.2, 0.25) is 5.91 Å². The molecule has 9 nitrogen and oxygen atoms in total. The van der Waals surface area contributed by atoms with Crippen molar-refractivity contribution in [3.8, 4) is 0 Å². The van der Waals surface area contributed by atoms with E-state index < -0.39 is 4.92 Å². The van der Waals surface area contributed by atoms with Crippen molar-refractivity contribution < 1.29 is 9.72 Å². The first-order chi connectivity index (χ1) is 12.5. The van der Waals surface area contributed by atoms with E-state index in [1.165, 1.54) is 16.9 Å². The van der Waals surface area contributed by atoms with Crippen molar-refractivity contribution in [1.29, 1.82) is 0 Å². The van der Waals surface area contributed by atoms with E-state index in [1.54, 1.807) is 16.9 Å². The second-order valence-corrected chi connectivity index (χ2v) is 5.89. The Labute approximate surface area is 153 Å². The lowest BCUT2D eigenvalue weighted by molar-refractivity contribution is -0.389. The molecule has 2 aromatic heterocycles. The largest absolute Gasteiger partial charge is 0.389 e. The zero-order valence-corrected chi connectivity index (χ0v) is 14.3. The van der Waals surface area contributed by atoms with E-state index in [4.69, 9.17) is 11.6 Å². The van der Waals surface area contributed by atoms with Gasteiger partial charge in [0.15, 0.2) is 5.82 Å². The minimum atomic E-state index is -0.581. The van der Waals surface area contributed by atoms with Crippen LogP contribution in [0.2, 0.25) is 5.02 Å². The molecule has 0 spiro atoms. The molecule has 0 fully saturated rings. The van der Waals surface area contributed by atoms with Gasteiger partial charge in [0.05, 0.1) is 30.5 Å². The van der Waals surface area contributed by atoms with Crippen molar-refractivity contribution in [3.63, 3.8) is 0 Å². The quantitative estimate of drug-likeness (QED) is 0.505. The SMILES string of the molecule is O=C(CCn1ccc([N+](=O)[O-])n1)Nc1ccn(Cc2ccccc2Cl)n1. The molecule has 0 saturated heterocycles. The van der Waals surface area contributed by atoms with Crippen LogP contribution >= 0.6 is 11.6 Å². The molecule has 0 bridgehead atoms. The number of nitrogens with zero attached hydrogens (tertiary/aromatic N) is 5. The van der Waals surface area contributed by atoms with Crippen molar-refractivity contribution in [2.75, 3.05) is 5.32 Å². The number of rotatable bonds is 7. The van der Waals surface area contributed by atoms with Gasteiger partial charge in [-0.15, -0.1) is 0 Å². The summed E-state index contributed by atoms with van der Waals surface area (Å²) in [5.74, 6) is -0.0802. The number of hydrogen-bond acceptors (Lipinski definition) is 5. The fourth-order valence-corrected chi connectivity index (χ4v) is 2.51. The van der Waals surface area contributed by atoms with Crippen LogP contribution in [0.25, 0.3) is 0 Å². The number of aromatic nitrogens is 4. The van der Waals surface area contributed by atoms with E-state index in [0.29, 0.717) is 17.4 Å². The zero-order valence-electron chi connectivity index (χ0n) is 13.6. The lowest BCUT2D eigenvalue weighted by Gasteiger charge is -2.04. The van der Waals surface area contributed by atoms with Crippen LogP contribution in [0.3, 0.4) is 0 Å². The number of carbonyl (C=O) groups is 1. The first-order valence-corrected chi connectivity index (χ1v) is 8.13. The average molecular weight is 375 g/mol. The number of nitrogens with one attached hydrogen (secondary N) is 1. The highest BCUT2D eigenvalue weighted by molar-refractivity contribution is 6.31. The summed E-state index contributed by atoms with van der Waals surface area (Å²) in [7, 11) is 0. The molecule has 134 valence electrons. The number of benzene rings is 1. The van der Waals surface area contributed by atoms with Gasteiger partial charge in [0.1, 0.15) is 0 Å². The number of hydrogen-bond donors (Lipinski definition) is 1. The summed E-state index contributed by atoms with van der Waals surface area (Å²) in [6.45, 7) is 0.729. The maximum Gasteiger partial charge on any atom is 0.389 e. The van der Waals surface area contributed by atoms with Gasteiger partial charge in [-0.2, -0.15) is 9.78 Å². The molecule has 3 aromatic rings. The molecule has 0 saturated carbocycles. The predicted molar refractivity (Wildman–Crippen MR) is 94.9 cm³/mol. The third-order valence-corrected chi connectivity index (χ3v) is 3.95. The summed E-state index contributed by atoms with van der Waals surface area (Å²) in [4.78, 5) is 22.0. The molecule has 0 aliphatic carbocycles. The highest BCUT2D eigenvalue weighted by Gasteiger charge is 2.12. The van der Waals surface area contributed by atoms with Gasteiger partial charge in [0.25, 0.3) is 0 Å². The molecule has 3 rings (SSSR count). The molecule has 0 unspecified atom stereocenters. The summed E-state index contributed by atoms with van der Waals surface area (Å²) >= 11 is 6.12. The van der Waals surface area contributed by atoms with E-state index in [1.807, 2.05) is 24.3 Å². The number of aryl methyl sites for hydroxylation is 1. The molecule has 0 aliphatic rings. The first kappa shape index (κ1) is 17.6. The van der Waals surface area contributed by atoms with E-state index >= 15 is 0 Å². The molecular formula is C16H15ClN6O3. The molecule has 0 atom stereocenters. The van der Waals surface area contributed by atoms with Crippen molar-refractivity contribution in [2.24, 2.45) is 0 Å². The van der Waals surface area contributed by atoms with Gasteiger partial charge in [-0.3, -0.25) is 9.48 Å². The maximum atomic E-state index is 12.0. The van der Waals surface area contributed by atoms with E-state index in [0.717, 1.165) is 5.56 Å². The summed E-state index contributed by atoms with van der Waals surface area (Å²) in [5.41, 5.74) is 0.926. The summed E-state index contributed by atoms with van der Waals surface area (Å²) in [6, 6.07) is 10.4. The van der Waals surface area contributed by atoms with Crippen molar-refractivity contribution in [2.45, 2.75) is 19.5 Å². The molecular weight excluding hydrogens is 360 g/mol. The monoisotopic (exact) mass is 374 g/mol. The Morgan fingerprint density at radius 2 is 1.92 bits per heavy atom. The van der Waals surface area contributed by atoms with Crippen molar-refractivity contribution in [1.82, 2.24) is 19.6 Å². The molecule has 1 aromatic carbocycles. The Bertz CT molecular complexity index is 935. The molecule has 0 aliphatic heterocycles. The van der Waals surface area contributed by atoms with Crippen LogP contribution in [0.5, 0.6) is 0 Å². The molecule has 0 radical (unpaired) electrons. The van der Waals surface area contributed by atoms with Crippen LogP contribution in [-0.2, 0) is 17.9 Å². The number of anilines is 1. The Kier molecular flexibility index (Phi) is 5.28. The molecule has 1 N–H and O–H groups in total. The first-order valence-electron chi connectivity index (χ1n) is 7.76. The topological polar surface area (TPSA) is 108 Å². The Balaban J connectivity index is 1.52. The highest BCUT2D eigenvalue weighted by Crippen LogP contribution is 2.16. The fraction of sp³-hybridized carbons (Fsp3) is 0.188. The lowest BCUT2D eigenvalue weighted by Crippen LogP contribution is -2.15. The Morgan fingerprint density at radius 3 is 2.65 bits per heavy atom. The number of halogens is 1. The van der Waals surface area contributed by atoms with Crippen LogP contribution in [-0.4, -0.2) is 30.4 Å². The predicted octanol–water partition coefficient (Wildman–Crippen LogP) is 2.72. The second-order valence-electron chi connectivity index (χ2n) is 5.48. The summed E-state index contributed by atoms with van der Waals surface area (Å²) in [5, 5.41) is 22.0. The van der Waals surface area contributed by atoms with E-state index in [-0.39, 0.29) is 24.7 Å². The number of amides is 1. The van der Waals surface area contributed by atoms with Gasteiger partial charge >= 0.3 is 5.82 Å². The van der Waals surface area contributed by atoms with Gasteiger partial charge in [-0.25, -0.2) is 0 Å². The second kappa shape index (κ2) is 7.79. The maximum absolute atomic E-state index is 12.0. The van der Waals surface area contributed by atoms with Crippen LogP contribution < -0.4 is 5.32 Å². The van der Waals surface area contributed by atoms with Crippen LogP contribution in [0.4, 0.5) is 11.6 Å². The number of carbonyl (C=O) groups excluding carboxylic acids is 1. The molecule has 2 heterocycles. The van der Waals surface area contributed by atoms with Crippen LogP contribution in [0.15, 0.2) is 48.8 Å². The summed E-state index contributed by atoms with van der Waals surface area (Å²) in [6.07, 6.45) is 3.33. The van der Waals surface area contributed by atoms with Crippen molar-refractivity contribution >= 4 is 29.1 Å². The third kappa shape index (κ3) is 4.45. The lowest BCUT2D eigenvalue weighted by atomic mass is 10.2. The normalized spacial score (nSPS) is 10.7. The smallest absolute Gasteiger partial charge is 0.358 e. The molecule has 1 amide bonds. The minimum absolute atomic E-state index is 0.121. The van der Waals surface area contributed by atoms with Gasteiger partial charge in [-0.05, 0) is 16.6 Å². The summed E-state index contributed by atoms with van der Waals surface area (Å²) < 4.78 is 3.03. The Morgan fingerprint density at radius 1 is 1.15 bits per heavy atom. The zero-order chi connectivity index (χ0) is 18.5. The highest BCUT2D eigenvalue weighted by atomic mass is 35.5. The fourth-order valence-electron chi connectivity index (χ4n) is 2.31. The average Bonchev–Trinajstić information content (AvgIpc) is 3.25. The standard InChI is InChI=1S/C16H15ClN6O3/c17-13-4-2-1-3-12(13)11-22-8-5-14(19-22)18-16(24)7-10-21-9-6-15(20-21)23(25)26/h1-6,8-9H,7,10-11H2,(H,18,19,24). The van der Waals surface area contributed by atoms with Gasteiger partial charge in [-0.1, -0.05) is 29.8 Å². The third-order valence-electron chi connectivity index (χ3n) is 3.58.